The molecule has 1 spiro atoms. The average Bonchev–Trinajstić information content (AvgIpc) is 2.96. The molecule has 0 aromatic carbocycles. The number of pyridine rings is 1. The van der Waals surface area contributed by atoms with E-state index in [1.165, 1.54) is 11.5 Å². The summed E-state index contributed by atoms with van der Waals surface area (Å²) in [4.78, 5) is 14.3. The van der Waals surface area contributed by atoms with Gasteiger partial charge in [0.05, 0.1) is 11.2 Å². The molecule has 122 valence electrons. The lowest BCUT2D eigenvalue weighted by atomic mass is 9.83. The van der Waals surface area contributed by atoms with E-state index in [1.54, 1.807) is 0 Å². The van der Waals surface area contributed by atoms with Gasteiger partial charge in [-0.15, -0.1) is 0 Å². The third-order valence-corrected chi connectivity index (χ3v) is 5.66. The molecule has 0 bridgehead atoms. The van der Waals surface area contributed by atoms with Gasteiger partial charge < -0.3 is 4.57 Å². The molecule has 2 aliphatic rings. The molecule has 2 aromatic rings. The highest BCUT2D eigenvalue weighted by molar-refractivity contribution is 5.18. The number of aromatic nitrogens is 3. The fourth-order valence-electron chi connectivity index (χ4n) is 4.16. The Morgan fingerprint density at radius 2 is 1.91 bits per heavy atom. The Bertz CT molecular complexity index is 670. The summed E-state index contributed by atoms with van der Waals surface area (Å²) in [5.74, 6) is 1.28. The first-order chi connectivity index (χ1) is 11.2. The van der Waals surface area contributed by atoms with E-state index in [1.807, 2.05) is 18.5 Å². The number of hydrogen-bond acceptors (Lipinski definition) is 4. The lowest BCUT2D eigenvalue weighted by molar-refractivity contribution is 0.00607. The van der Waals surface area contributed by atoms with Crippen molar-refractivity contribution in [3.05, 3.63) is 47.8 Å². The smallest absolute Gasteiger partial charge is 0.129 e. The fraction of sp³-hybridized carbons (Fsp3) is 0.556. The number of nitrogens with zero attached hydrogens (tertiary/aromatic N) is 5. The van der Waals surface area contributed by atoms with Gasteiger partial charge in [-0.25, -0.2) is 4.98 Å². The van der Waals surface area contributed by atoms with Crippen LogP contribution in [0.2, 0.25) is 0 Å². The summed E-state index contributed by atoms with van der Waals surface area (Å²) in [5, 5.41) is 0. The summed E-state index contributed by atoms with van der Waals surface area (Å²) in [6.07, 6.45) is 6.21. The monoisotopic (exact) mass is 311 g/mol. The Labute approximate surface area is 138 Å². The second-order valence-electron chi connectivity index (χ2n) is 6.93. The van der Waals surface area contributed by atoms with Crippen LogP contribution in [0.4, 0.5) is 0 Å². The van der Waals surface area contributed by atoms with Crippen molar-refractivity contribution >= 4 is 0 Å². The quantitative estimate of drug-likeness (QED) is 0.850. The number of piperidine rings is 1. The number of rotatable bonds is 2. The van der Waals surface area contributed by atoms with Crippen molar-refractivity contribution in [2.75, 3.05) is 26.7 Å². The van der Waals surface area contributed by atoms with Crippen LogP contribution in [0.3, 0.4) is 0 Å². The highest BCUT2D eigenvalue weighted by Gasteiger charge is 2.45. The largest absolute Gasteiger partial charge is 0.329 e. The SMILES string of the molecule is Cc1cnc2n1CCN(C)C21CCN(Cc2ccccn2)CC1. The van der Waals surface area contributed by atoms with Crippen LogP contribution in [0.1, 0.15) is 30.1 Å². The van der Waals surface area contributed by atoms with Crippen LogP contribution in [0.5, 0.6) is 0 Å². The Morgan fingerprint density at radius 1 is 1.09 bits per heavy atom. The van der Waals surface area contributed by atoms with Gasteiger partial charge in [-0.3, -0.25) is 14.8 Å². The molecule has 0 unspecified atom stereocenters. The Kier molecular flexibility index (Phi) is 3.70. The lowest BCUT2D eigenvalue weighted by Gasteiger charge is -2.49. The van der Waals surface area contributed by atoms with Gasteiger partial charge in [-0.05, 0) is 38.9 Å². The molecule has 2 aromatic heterocycles. The summed E-state index contributed by atoms with van der Waals surface area (Å²) < 4.78 is 2.43. The number of likely N-dealkylation sites (N-methyl/N-ethyl adjacent to an activating group) is 1. The minimum atomic E-state index is 0.118. The van der Waals surface area contributed by atoms with Crippen LogP contribution in [0.25, 0.3) is 0 Å². The summed E-state index contributed by atoms with van der Waals surface area (Å²) in [6, 6.07) is 6.17. The maximum absolute atomic E-state index is 4.78. The number of fused-ring (bicyclic) bond motifs is 2. The van der Waals surface area contributed by atoms with Crippen molar-refractivity contribution in [1.82, 2.24) is 24.3 Å². The molecular formula is C18H25N5. The molecule has 0 saturated carbocycles. The molecule has 2 aliphatic heterocycles. The van der Waals surface area contributed by atoms with Crippen molar-refractivity contribution in [2.24, 2.45) is 0 Å². The van der Waals surface area contributed by atoms with Crippen molar-refractivity contribution in [3.8, 4) is 0 Å². The van der Waals surface area contributed by atoms with E-state index in [4.69, 9.17) is 4.98 Å². The van der Waals surface area contributed by atoms with Crippen LogP contribution in [0, 0.1) is 6.92 Å². The maximum Gasteiger partial charge on any atom is 0.129 e. The molecule has 4 rings (SSSR count). The van der Waals surface area contributed by atoms with Crippen LogP contribution in [-0.2, 0) is 18.6 Å². The minimum absolute atomic E-state index is 0.118. The number of aryl methyl sites for hydroxylation is 1. The molecule has 23 heavy (non-hydrogen) atoms. The summed E-state index contributed by atoms with van der Waals surface area (Å²) in [7, 11) is 2.27. The van der Waals surface area contributed by atoms with E-state index in [-0.39, 0.29) is 5.54 Å². The number of hydrogen-bond donors (Lipinski definition) is 0. The normalized spacial score (nSPS) is 21.5. The highest BCUT2D eigenvalue weighted by Crippen LogP contribution is 2.40. The molecule has 0 N–H and O–H groups in total. The Balaban J connectivity index is 1.52. The van der Waals surface area contributed by atoms with E-state index in [9.17, 15) is 0 Å². The van der Waals surface area contributed by atoms with Gasteiger partial charge in [0.1, 0.15) is 5.82 Å². The lowest BCUT2D eigenvalue weighted by Crippen LogP contribution is -2.56. The standard InChI is InChI=1S/C18H25N5/c1-15-13-20-17-18(21(2)11-12-23(15)17)6-9-22(10-7-18)14-16-5-3-4-8-19-16/h3-5,8,13H,6-7,9-12,14H2,1-2H3. The molecule has 5 heteroatoms. The highest BCUT2D eigenvalue weighted by atomic mass is 15.3. The van der Waals surface area contributed by atoms with E-state index in [2.05, 4.69) is 45.5 Å². The van der Waals surface area contributed by atoms with Gasteiger partial charge in [0.2, 0.25) is 0 Å². The average molecular weight is 311 g/mol. The predicted octanol–water partition coefficient (Wildman–Crippen LogP) is 2.02. The van der Waals surface area contributed by atoms with Gasteiger partial charge in [-0.2, -0.15) is 0 Å². The molecule has 0 radical (unpaired) electrons. The number of imidazole rings is 1. The topological polar surface area (TPSA) is 37.2 Å². The van der Waals surface area contributed by atoms with Crippen LogP contribution in [0.15, 0.2) is 30.6 Å². The molecule has 0 atom stereocenters. The maximum atomic E-state index is 4.78. The first kappa shape index (κ1) is 14.8. The molecule has 5 nitrogen and oxygen atoms in total. The molecule has 1 saturated heterocycles. The molecule has 1 fully saturated rings. The number of likely N-dealkylation sites (tertiary alicyclic amines) is 1. The van der Waals surface area contributed by atoms with Crippen molar-refractivity contribution in [2.45, 2.75) is 38.4 Å². The van der Waals surface area contributed by atoms with Crippen molar-refractivity contribution in [3.63, 3.8) is 0 Å². The van der Waals surface area contributed by atoms with E-state index < -0.39 is 0 Å². The third kappa shape index (κ3) is 2.48. The van der Waals surface area contributed by atoms with Gasteiger partial charge in [0.15, 0.2) is 0 Å². The fourth-order valence-corrected chi connectivity index (χ4v) is 4.16. The molecular weight excluding hydrogens is 286 g/mol. The second kappa shape index (κ2) is 5.73. The molecule has 4 heterocycles. The van der Waals surface area contributed by atoms with E-state index in [0.717, 1.165) is 51.3 Å². The van der Waals surface area contributed by atoms with Gasteiger partial charge in [0.25, 0.3) is 0 Å². The van der Waals surface area contributed by atoms with E-state index >= 15 is 0 Å². The van der Waals surface area contributed by atoms with Crippen LogP contribution in [-0.4, -0.2) is 51.0 Å². The first-order valence-electron chi connectivity index (χ1n) is 8.55. The Morgan fingerprint density at radius 3 is 2.65 bits per heavy atom. The molecule has 0 amide bonds. The van der Waals surface area contributed by atoms with Crippen molar-refractivity contribution in [1.29, 1.82) is 0 Å². The Hall–Kier alpha value is -1.72. The van der Waals surface area contributed by atoms with Gasteiger partial charge in [-0.1, -0.05) is 6.07 Å². The zero-order valence-corrected chi connectivity index (χ0v) is 14.1. The molecule has 0 aliphatic carbocycles. The summed E-state index contributed by atoms with van der Waals surface area (Å²) in [5.41, 5.74) is 2.58. The predicted molar refractivity (Wildman–Crippen MR) is 90.0 cm³/mol. The minimum Gasteiger partial charge on any atom is -0.329 e. The summed E-state index contributed by atoms with van der Waals surface area (Å²) >= 11 is 0. The zero-order chi connectivity index (χ0) is 15.9. The van der Waals surface area contributed by atoms with E-state index in [0.29, 0.717) is 0 Å². The van der Waals surface area contributed by atoms with Gasteiger partial charge in [0, 0.05) is 50.8 Å². The van der Waals surface area contributed by atoms with Crippen molar-refractivity contribution < 1.29 is 0 Å². The van der Waals surface area contributed by atoms with Crippen LogP contribution >= 0.6 is 0 Å². The van der Waals surface area contributed by atoms with Gasteiger partial charge >= 0.3 is 0 Å². The zero-order valence-electron chi connectivity index (χ0n) is 14.1. The third-order valence-electron chi connectivity index (χ3n) is 5.66. The first-order valence-corrected chi connectivity index (χ1v) is 8.55. The second-order valence-corrected chi connectivity index (χ2v) is 6.93. The summed E-state index contributed by atoms with van der Waals surface area (Å²) in [6.45, 7) is 7.51. The van der Waals surface area contributed by atoms with Crippen LogP contribution < -0.4 is 0 Å².